The third kappa shape index (κ3) is 4.76. The van der Waals surface area contributed by atoms with Gasteiger partial charge in [0.15, 0.2) is 0 Å². The van der Waals surface area contributed by atoms with Crippen LogP contribution in [0.5, 0.6) is 17.2 Å². The molecule has 0 saturated heterocycles. The van der Waals surface area contributed by atoms with Gasteiger partial charge < -0.3 is 24.3 Å². The number of carboxylic acids is 1. The van der Waals surface area contributed by atoms with Gasteiger partial charge in [-0.3, -0.25) is 4.79 Å². The van der Waals surface area contributed by atoms with E-state index in [1.54, 1.807) is 44.4 Å². The minimum Gasteiger partial charge on any atom is -0.549 e. The Labute approximate surface area is 184 Å². The Morgan fingerprint density at radius 3 is 2.48 bits per heavy atom. The van der Waals surface area contributed by atoms with Gasteiger partial charge in [0.05, 0.1) is 11.6 Å². The smallest absolute Gasteiger partial charge is 0.549 e. The van der Waals surface area contributed by atoms with Crippen molar-refractivity contribution in [3.05, 3.63) is 52.5 Å². The SMILES string of the molecule is CN(C)C(=O)c1ccc(Oc2cc3c(cc2Cl)C(C(=O)[O-])CCO3)cc1.[Na+]. The maximum Gasteiger partial charge on any atom is 1.00 e. The molecular weight excluding hydrogens is 381 g/mol. The fraction of sp³-hybridized carbons (Fsp3) is 0.263. The summed E-state index contributed by atoms with van der Waals surface area (Å²) < 4.78 is 11.3. The monoisotopic (exact) mass is 397 g/mol. The van der Waals surface area contributed by atoms with Gasteiger partial charge in [-0.05, 0) is 36.8 Å². The summed E-state index contributed by atoms with van der Waals surface area (Å²) in [7, 11) is 3.36. The van der Waals surface area contributed by atoms with Crippen LogP contribution in [-0.4, -0.2) is 37.5 Å². The Bertz CT molecular complexity index is 854. The van der Waals surface area contributed by atoms with E-state index in [1.165, 1.54) is 11.0 Å². The molecule has 0 aliphatic carbocycles. The van der Waals surface area contributed by atoms with Crippen molar-refractivity contribution in [1.29, 1.82) is 0 Å². The number of benzene rings is 2. The van der Waals surface area contributed by atoms with Gasteiger partial charge in [-0.2, -0.15) is 0 Å². The van der Waals surface area contributed by atoms with Gasteiger partial charge in [0.25, 0.3) is 5.91 Å². The van der Waals surface area contributed by atoms with E-state index < -0.39 is 11.9 Å². The van der Waals surface area contributed by atoms with Gasteiger partial charge >= 0.3 is 29.6 Å². The fourth-order valence-electron chi connectivity index (χ4n) is 2.76. The zero-order chi connectivity index (χ0) is 18.8. The third-order valence-electron chi connectivity index (χ3n) is 4.12. The molecule has 2 aromatic rings. The topological polar surface area (TPSA) is 78.9 Å². The fourth-order valence-corrected chi connectivity index (χ4v) is 2.97. The van der Waals surface area contributed by atoms with Gasteiger partial charge in [0.1, 0.15) is 17.2 Å². The molecule has 2 aromatic carbocycles. The van der Waals surface area contributed by atoms with Crippen LogP contribution in [0.3, 0.4) is 0 Å². The summed E-state index contributed by atoms with van der Waals surface area (Å²) in [5.41, 5.74) is 1.03. The quantitative estimate of drug-likeness (QED) is 0.647. The molecule has 3 rings (SSSR count). The molecule has 1 amide bonds. The predicted molar refractivity (Wildman–Crippen MR) is 93.8 cm³/mol. The van der Waals surface area contributed by atoms with Crippen LogP contribution in [0.15, 0.2) is 36.4 Å². The zero-order valence-electron chi connectivity index (χ0n) is 15.3. The van der Waals surface area contributed by atoms with Gasteiger partial charge in [-0.25, -0.2) is 0 Å². The number of amides is 1. The van der Waals surface area contributed by atoms with Crippen LogP contribution in [0.2, 0.25) is 5.02 Å². The van der Waals surface area contributed by atoms with E-state index in [0.717, 1.165) is 0 Å². The summed E-state index contributed by atoms with van der Waals surface area (Å²) >= 11 is 6.25. The number of carbonyl (C=O) groups is 2. The number of hydrogen-bond donors (Lipinski definition) is 0. The molecule has 1 aliphatic rings. The summed E-state index contributed by atoms with van der Waals surface area (Å²) in [6.07, 6.45) is 0.341. The first-order chi connectivity index (χ1) is 12.4. The summed E-state index contributed by atoms with van der Waals surface area (Å²) in [6.45, 7) is 0.286. The molecular formula is C19H17ClNNaO5. The number of nitrogens with zero attached hydrogens (tertiary/aromatic N) is 1. The van der Waals surface area contributed by atoms with E-state index >= 15 is 0 Å². The first-order valence-corrected chi connectivity index (χ1v) is 8.41. The van der Waals surface area contributed by atoms with Gasteiger partial charge in [-0.15, -0.1) is 0 Å². The maximum absolute atomic E-state index is 11.9. The van der Waals surface area contributed by atoms with Crippen molar-refractivity contribution in [2.24, 2.45) is 0 Å². The second-order valence-corrected chi connectivity index (χ2v) is 6.56. The maximum atomic E-state index is 11.9. The third-order valence-corrected chi connectivity index (χ3v) is 4.42. The van der Waals surface area contributed by atoms with Crippen LogP contribution in [0.1, 0.15) is 28.3 Å². The van der Waals surface area contributed by atoms with E-state index in [9.17, 15) is 14.7 Å². The van der Waals surface area contributed by atoms with Crippen molar-refractivity contribution in [1.82, 2.24) is 4.90 Å². The summed E-state index contributed by atoms with van der Waals surface area (Å²) in [5.74, 6) is -0.748. The number of carboxylic acid groups (broad SMARTS) is 1. The van der Waals surface area contributed by atoms with Crippen LogP contribution in [-0.2, 0) is 4.79 Å². The summed E-state index contributed by atoms with van der Waals surface area (Å²) in [6, 6.07) is 9.76. The van der Waals surface area contributed by atoms with E-state index in [0.29, 0.717) is 34.8 Å². The number of ether oxygens (including phenoxy) is 2. The molecule has 27 heavy (non-hydrogen) atoms. The molecule has 0 fully saturated rings. The molecule has 0 radical (unpaired) electrons. The first kappa shape index (κ1) is 21.6. The molecule has 0 N–H and O–H groups in total. The molecule has 0 saturated carbocycles. The Balaban J connectivity index is 0.00000261. The van der Waals surface area contributed by atoms with Crippen molar-refractivity contribution in [2.75, 3.05) is 20.7 Å². The molecule has 8 heteroatoms. The van der Waals surface area contributed by atoms with Gasteiger partial charge in [0.2, 0.25) is 0 Å². The Morgan fingerprint density at radius 1 is 1.22 bits per heavy atom. The normalized spacial score (nSPS) is 15.0. The zero-order valence-corrected chi connectivity index (χ0v) is 18.1. The van der Waals surface area contributed by atoms with E-state index in [2.05, 4.69) is 0 Å². The first-order valence-electron chi connectivity index (χ1n) is 8.03. The molecule has 1 aliphatic heterocycles. The number of halogens is 1. The summed E-state index contributed by atoms with van der Waals surface area (Å²) in [5, 5.41) is 11.5. The molecule has 1 heterocycles. The Hall–Kier alpha value is -1.73. The minimum absolute atomic E-state index is 0. The molecule has 0 spiro atoms. The number of hydrogen-bond acceptors (Lipinski definition) is 5. The second kappa shape index (κ2) is 8.97. The van der Waals surface area contributed by atoms with Crippen molar-refractivity contribution >= 4 is 23.5 Å². The predicted octanol–water partition coefficient (Wildman–Crippen LogP) is -0.546. The van der Waals surface area contributed by atoms with E-state index in [-0.39, 0.29) is 47.1 Å². The van der Waals surface area contributed by atoms with Crippen molar-refractivity contribution in [3.63, 3.8) is 0 Å². The van der Waals surface area contributed by atoms with E-state index in [1.807, 2.05) is 0 Å². The number of aliphatic carboxylic acids is 1. The number of carbonyl (C=O) groups excluding carboxylic acids is 2. The Kier molecular flexibility index (Phi) is 7.17. The van der Waals surface area contributed by atoms with Crippen LogP contribution in [0.4, 0.5) is 0 Å². The van der Waals surface area contributed by atoms with Gasteiger partial charge in [0, 0.05) is 43.2 Å². The average molecular weight is 398 g/mol. The molecule has 1 atom stereocenters. The van der Waals surface area contributed by atoms with Crippen LogP contribution < -0.4 is 44.1 Å². The molecule has 0 aromatic heterocycles. The average Bonchev–Trinajstić information content (AvgIpc) is 2.61. The molecule has 6 nitrogen and oxygen atoms in total. The largest absolute Gasteiger partial charge is 1.00 e. The van der Waals surface area contributed by atoms with Crippen LogP contribution in [0.25, 0.3) is 0 Å². The number of fused-ring (bicyclic) bond motifs is 1. The van der Waals surface area contributed by atoms with Crippen LogP contribution in [0, 0.1) is 0 Å². The van der Waals surface area contributed by atoms with Gasteiger partial charge in [-0.1, -0.05) is 11.6 Å². The van der Waals surface area contributed by atoms with Crippen LogP contribution >= 0.6 is 11.6 Å². The molecule has 0 bridgehead atoms. The molecule has 1 unspecified atom stereocenters. The van der Waals surface area contributed by atoms with Crippen molar-refractivity contribution < 1.29 is 53.7 Å². The van der Waals surface area contributed by atoms with E-state index in [4.69, 9.17) is 21.1 Å². The minimum atomic E-state index is -1.15. The second-order valence-electron chi connectivity index (χ2n) is 6.16. The molecule has 136 valence electrons. The number of rotatable bonds is 4. The van der Waals surface area contributed by atoms with Crippen molar-refractivity contribution in [3.8, 4) is 17.2 Å². The summed E-state index contributed by atoms with van der Waals surface area (Å²) in [4.78, 5) is 24.7. The standard InChI is InChI=1S/C19H18ClNO5.Na/c1-21(2)18(22)11-3-5-12(6-4-11)26-17-10-16-14(9-15(17)20)13(19(23)24)7-8-25-16;/h3-6,9-10,13H,7-8H2,1-2H3,(H,23,24);/q;+1/p-1. The Morgan fingerprint density at radius 2 is 1.89 bits per heavy atom. The van der Waals surface area contributed by atoms with Crippen molar-refractivity contribution in [2.45, 2.75) is 12.3 Å².